The van der Waals surface area contributed by atoms with Gasteiger partial charge in [0.05, 0.1) is 0 Å². The van der Waals surface area contributed by atoms with E-state index < -0.39 is 12.2 Å². The predicted octanol–water partition coefficient (Wildman–Crippen LogP) is 7.87. The number of ether oxygens (including phenoxy) is 2. The summed E-state index contributed by atoms with van der Waals surface area (Å²) in [4.78, 5) is 0. The first-order chi connectivity index (χ1) is 17.9. The van der Waals surface area contributed by atoms with Gasteiger partial charge in [-0.3, -0.25) is 0 Å². The number of hydrogen-bond acceptors (Lipinski definition) is 4. The lowest BCUT2D eigenvalue weighted by atomic mass is 9.95. The van der Waals surface area contributed by atoms with Gasteiger partial charge in [0.15, 0.2) is 0 Å². The van der Waals surface area contributed by atoms with Gasteiger partial charge in [0.1, 0.15) is 34.9 Å². The van der Waals surface area contributed by atoms with E-state index in [1.54, 1.807) is 0 Å². The Hall–Kier alpha value is -3.60. The first-order valence-corrected chi connectivity index (χ1v) is 13.0. The molecule has 4 heteroatoms. The first-order valence-electron chi connectivity index (χ1n) is 13.0. The van der Waals surface area contributed by atoms with Crippen LogP contribution in [0.5, 0.6) is 11.5 Å². The maximum absolute atomic E-state index is 11.1. The Balaban J connectivity index is 1.55. The normalized spacial score (nSPS) is 13.6. The van der Waals surface area contributed by atoms with E-state index in [9.17, 15) is 10.2 Å². The minimum atomic E-state index is -0.807. The van der Waals surface area contributed by atoms with Crippen molar-refractivity contribution in [1.29, 1.82) is 0 Å². The molecule has 0 fully saturated rings. The molecule has 0 saturated carbocycles. The molecule has 2 N–H and O–H groups in total. The molecule has 4 rings (SSSR count). The summed E-state index contributed by atoms with van der Waals surface area (Å²) in [6, 6.07) is 31.0. The summed E-state index contributed by atoms with van der Waals surface area (Å²) in [5.41, 5.74) is 4.40. The molecule has 0 amide bonds. The zero-order valence-corrected chi connectivity index (χ0v) is 23.1. The summed E-state index contributed by atoms with van der Waals surface area (Å²) >= 11 is 0. The van der Waals surface area contributed by atoms with E-state index in [1.165, 1.54) is 0 Å². The molecule has 0 radical (unpaired) electrons. The minimum Gasteiger partial charge on any atom is -0.488 e. The van der Waals surface area contributed by atoms with Crippen LogP contribution in [-0.4, -0.2) is 21.4 Å². The van der Waals surface area contributed by atoms with Crippen LogP contribution < -0.4 is 9.47 Å². The van der Waals surface area contributed by atoms with Crippen LogP contribution in [-0.2, 0) is 0 Å². The molecular weight excluding hydrogens is 472 g/mol. The smallest absolute Gasteiger partial charge is 0.126 e. The Kier molecular flexibility index (Phi) is 7.96. The van der Waals surface area contributed by atoms with Gasteiger partial charge in [-0.2, -0.15) is 0 Å². The lowest BCUT2D eigenvalue weighted by molar-refractivity contribution is 0.123. The predicted molar refractivity (Wildman–Crippen MR) is 154 cm³/mol. The second-order valence-corrected chi connectivity index (χ2v) is 11.6. The van der Waals surface area contributed by atoms with E-state index in [1.807, 2.05) is 139 Å². The molecule has 4 aromatic rings. The Morgan fingerprint density at radius 3 is 1.79 bits per heavy atom. The van der Waals surface area contributed by atoms with Gasteiger partial charge in [-0.1, -0.05) is 72.8 Å². The lowest BCUT2D eigenvalue weighted by Gasteiger charge is -2.25. The molecule has 38 heavy (non-hydrogen) atoms. The number of aliphatic hydroxyl groups excluding tert-OH is 2. The third-order valence-corrected chi connectivity index (χ3v) is 5.99. The van der Waals surface area contributed by atoms with Crippen molar-refractivity contribution in [3.63, 3.8) is 0 Å². The topological polar surface area (TPSA) is 58.9 Å². The van der Waals surface area contributed by atoms with Crippen molar-refractivity contribution in [3.8, 4) is 22.6 Å². The number of para-hydroxylation sites is 1. The highest BCUT2D eigenvalue weighted by Crippen LogP contribution is 2.34. The maximum Gasteiger partial charge on any atom is 0.126 e. The van der Waals surface area contributed by atoms with E-state index in [0.29, 0.717) is 5.75 Å². The number of aliphatic hydroxyl groups is 2. The maximum atomic E-state index is 11.1. The SMILES string of the molecule is CC(C)(C)Oc1cccc(C(O)c2cccc(-c3ccc(C(O)c4ccccc4OC(C)(C)C)cc3)c2)c1. The van der Waals surface area contributed by atoms with Crippen molar-refractivity contribution in [1.82, 2.24) is 0 Å². The van der Waals surface area contributed by atoms with E-state index in [-0.39, 0.29) is 11.2 Å². The van der Waals surface area contributed by atoms with Crippen molar-refractivity contribution in [2.75, 3.05) is 0 Å². The molecular formula is C34H38O4. The second-order valence-electron chi connectivity index (χ2n) is 11.6. The van der Waals surface area contributed by atoms with Crippen LogP contribution in [0.1, 0.15) is 76.0 Å². The van der Waals surface area contributed by atoms with Gasteiger partial charge in [0.2, 0.25) is 0 Å². The molecule has 4 nitrogen and oxygen atoms in total. The Morgan fingerprint density at radius 2 is 1.13 bits per heavy atom. The second kappa shape index (κ2) is 11.0. The molecule has 4 aromatic carbocycles. The van der Waals surface area contributed by atoms with E-state index >= 15 is 0 Å². The largest absolute Gasteiger partial charge is 0.488 e. The average Bonchev–Trinajstić information content (AvgIpc) is 2.86. The minimum absolute atomic E-state index is 0.315. The lowest BCUT2D eigenvalue weighted by Crippen LogP contribution is -2.24. The Morgan fingerprint density at radius 1 is 0.526 bits per heavy atom. The fourth-order valence-electron chi connectivity index (χ4n) is 4.35. The monoisotopic (exact) mass is 510 g/mol. The van der Waals surface area contributed by atoms with Crippen molar-refractivity contribution < 1.29 is 19.7 Å². The molecule has 198 valence electrons. The average molecular weight is 511 g/mol. The number of benzene rings is 4. The van der Waals surface area contributed by atoms with Gasteiger partial charge in [-0.05, 0) is 93.6 Å². The summed E-state index contributed by atoms with van der Waals surface area (Å²) in [6.45, 7) is 12.0. The van der Waals surface area contributed by atoms with E-state index in [2.05, 4.69) is 0 Å². The molecule has 0 heterocycles. The molecule has 0 bridgehead atoms. The van der Waals surface area contributed by atoms with Gasteiger partial charge < -0.3 is 19.7 Å². The van der Waals surface area contributed by atoms with Gasteiger partial charge in [0, 0.05) is 5.56 Å². The standard InChI is InChI=1S/C34H38O4/c1-33(2,3)37-28-14-10-13-27(22-28)31(35)26-12-9-11-25(21-26)23-17-19-24(20-18-23)32(36)29-15-7-8-16-30(29)38-34(4,5)6/h7-22,31-32,35-36H,1-6H3. The first kappa shape index (κ1) is 27.4. The van der Waals surface area contributed by atoms with Gasteiger partial charge in [0.25, 0.3) is 0 Å². The van der Waals surface area contributed by atoms with Crippen LogP contribution in [0.3, 0.4) is 0 Å². The molecule has 0 spiro atoms. The fraction of sp³-hybridized carbons (Fsp3) is 0.294. The summed E-state index contributed by atoms with van der Waals surface area (Å²) in [5.74, 6) is 1.41. The van der Waals surface area contributed by atoms with Crippen LogP contribution in [0.2, 0.25) is 0 Å². The van der Waals surface area contributed by atoms with Gasteiger partial charge >= 0.3 is 0 Å². The van der Waals surface area contributed by atoms with Crippen molar-refractivity contribution in [2.45, 2.75) is 65.0 Å². The van der Waals surface area contributed by atoms with E-state index in [0.717, 1.165) is 39.1 Å². The van der Waals surface area contributed by atoms with Crippen LogP contribution in [0, 0.1) is 0 Å². The van der Waals surface area contributed by atoms with Crippen LogP contribution >= 0.6 is 0 Å². The zero-order valence-electron chi connectivity index (χ0n) is 23.1. The van der Waals surface area contributed by atoms with Crippen molar-refractivity contribution >= 4 is 0 Å². The van der Waals surface area contributed by atoms with Crippen LogP contribution in [0.4, 0.5) is 0 Å². The highest BCUT2D eigenvalue weighted by Gasteiger charge is 2.20. The molecule has 0 aliphatic rings. The van der Waals surface area contributed by atoms with Crippen molar-refractivity contribution in [3.05, 3.63) is 119 Å². The quantitative estimate of drug-likeness (QED) is 0.266. The molecule has 0 aromatic heterocycles. The number of hydrogen-bond donors (Lipinski definition) is 2. The molecule has 2 atom stereocenters. The Bertz CT molecular complexity index is 1360. The Labute approximate surface area is 226 Å². The summed E-state index contributed by atoms with van der Waals surface area (Å²) in [6.07, 6.45) is -1.59. The number of rotatable bonds is 7. The molecule has 0 saturated heterocycles. The van der Waals surface area contributed by atoms with Crippen LogP contribution in [0.25, 0.3) is 11.1 Å². The third kappa shape index (κ3) is 7.03. The highest BCUT2D eigenvalue weighted by atomic mass is 16.5. The summed E-state index contributed by atoms with van der Waals surface area (Å²) in [7, 11) is 0. The highest BCUT2D eigenvalue weighted by molar-refractivity contribution is 5.65. The molecule has 0 aliphatic heterocycles. The molecule has 0 aliphatic carbocycles. The third-order valence-electron chi connectivity index (χ3n) is 5.99. The molecule has 2 unspecified atom stereocenters. The summed E-state index contributed by atoms with van der Waals surface area (Å²) < 4.78 is 12.1. The fourth-order valence-corrected chi connectivity index (χ4v) is 4.35. The van der Waals surface area contributed by atoms with E-state index in [4.69, 9.17) is 9.47 Å². The van der Waals surface area contributed by atoms with Crippen molar-refractivity contribution in [2.24, 2.45) is 0 Å². The van der Waals surface area contributed by atoms with Gasteiger partial charge in [-0.25, -0.2) is 0 Å². The van der Waals surface area contributed by atoms with Crippen LogP contribution in [0.15, 0.2) is 97.1 Å². The van der Waals surface area contributed by atoms with Gasteiger partial charge in [-0.15, -0.1) is 0 Å². The zero-order chi connectivity index (χ0) is 27.5. The summed E-state index contributed by atoms with van der Waals surface area (Å²) in [5, 5.41) is 22.3.